The molecule has 1 atom stereocenters. The van der Waals surface area contributed by atoms with Gasteiger partial charge in [-0.1, -0.05) is 53.2 Å². The number of carbonyl (C=O) groups excluding carboxylic acids is 2. The van der Waals surface area contributed by atoms with Gasteiger partial charge in [-0.2, -0.15) is 0 Å². The Morgan fingerprint density at radius 3 is 2.36 bits per heavy atom. The van der Waals surface area contributed by atoms with Gasteiger partial charge < -0.3 is 15.0 Å². The van der Waals surface area contributed by atoms with Crippen LogP contribution in [0.1, 0.15) is 25.8 Å². The molecule has 2 amide bonds. The van der Waals surface area contributed by atoms with Crippen molar-refractivity contribution in [3.05, 3.63) is 64.6 Å². The lowest BCUT2D eigenvalue weighted by atomic mass is 10.1. The Morgan fingerprint density at radius 2 is 1.75 bits per heavy atom. The standard InChI is InChI=1S/C22H27BrN2O3/c1-3-20(22(27)24-4-2)25(15-14-17-8-6-5-7-9-17)21(26)16-28-19-12-10-18(23)11-13-19/h5-13,20H,3-4,14-16H2,1-2H3,(H,24,27)/t20-/m1/s1. The number of rotatable bonds is 10. The van der Waals surface area contributed by atoms with Gasteiger partial charge in [0.25, 0.3) is 5.91 Å². The Kier molecular flexibility index (Phi) is 9.01. The number of ether oxygens (including phenoxy) is 1. The van der Waals surface area contributed by atoms with E-state index in [1.54, 1.807) is 17.0 Å². The Hall–Kier alpha value is -2.34. The van der Waals surface area contributed by atoms with Crippen LogP contribution < -0.4 is 10.1 Å². The van der Waals surface area contributed by atoms with Gasteiger partial charge in [-0.3, -0.25) is 9.59 Å². The third kappa shape index (κ3) is 6.68. The number of nitrogens with one attached hydrogen (secondary N) is 1. The van der Waals surface area contributed by atoms with Gasteiger partial charge in [-0.05, 0) is 49.6 Å². The molecule has 0 aliphatic heterocycles. The molecule has 0 saturated heterocycles. The summed E-state index contributed by atoms with van der Waals surface area (Å²) < 4.78 is 6.59. The molecule has 0 aromatic heterocycles. The average Bonchev–Trinajstić information content (AvgIpc) is 2.71. The van der Waals surface area contributed by atoms with Crippen molar-refractivity contribution in [1.29, 1.82) is 0 Å². The molecule has 0 fully saturated rings. The van der Waals surface area contributed by atoms with Crippen LogP contribution in [0.15, 0.2) is 59.1 Å². The molecule has 0 bridgehead atoms. The van der Waals surface area contributed by atoms with Crippen LogP contribution in [0.5, 0.6) is 5.75 Å². The summed E-state index contributed by atoms with van der Waals surface area (Å²) in [4.78, 5) is 27.1. The van der Waals surface area contributed by atoms with Gasteiger partial charge in [-0.15, -0.1) is 0 Å². The molecule has 6 heteroatoms. The first kappa shape index (κ1) is 22.0. The number of hydrogen-bond acceptors (Lipinski definition) is 3. The molecule has 0 aliphatic rings. The van der Waals surface area contributed by atoms with Crippen LogP contribution in [-0.4, -0.2) is 42.5 Å². The second kappa shape index (κ2) is 11.5. The highest BCUT2D eigenvalue weighted by atomic mass is 79.9. The first-order valence-electron chi connectivity index (χ1n) is 9.54. The Morgan fingerprint density at radius 1 is 1.07 bits per heavy atom. The lowest BCUT2D eigenvalue weighted by molar-refractivity contribution is -0.142. The molecular formula is C22H27BrN2O3. The predicted molar refractivity (Wildman–Crippen MR) is 114 cm³/mol. The molecule has 150 valence electrons. The van der Waals surface area contributed by atoms with Crippen molar-refractivity contribution < 1.29 is 14.3 Å². The fourth-order valence-electron chi connectivity index (χ4n) is 2.95. The van der Waals surface area contributed by atoms with Crippen molar-refractivity contribution in [3.8, 4) is 5.75 Å². The summed E-state index contributed by atoms with van der Waals surface area (Å²) in [6, 6.07) is 16.7. The Balaban J connectivity index is 2.09. The highest BCUT2D eigenvalue weighted by Crippen LogP contribution is 2.17. The van der Waals surface area contributed by atoms with E-state index in [0.717, 1.165) is 10.0 Å². The number of carbonyl (C=O) groups is 2. The van der Waals surface area contributed by atoms with Gasteiger partial charge in [0.2, 0.25) is 5.91 Å². The highest BCUT2D eigenvalue weighted by molar-refractivity contribution is 9.10. The topological polar surface area (TPSA) is 58.6 Å². The Bertz CT molecular complexity index is 750. The van der Waals surface area contributed by atoms with Gasteiger partial charge in [0.15, 0.2) is 6.61 Å². The molecule has 0 saturated carbocycles. The minimum Gasteiger partial charge on any atom is -0.484 e. The molecule has 1 N–H and O–H groups in total. The van der Waals surface area contributed by atoms with Crippen molar-refractivity contribution >= 4 is 27.7 Å². The highest BCUT2D eigenvalue weighted by Gasteiger charge is 2.28. The van der Waals surface area contributed by atoms with Gasteiger partial charge in [0, 0.05) is 17.6 Å². The Labute approximate surface area is 175 Å². The molecular weight excluding hydrogens is 420 g/mol. The normalized spacial score (nSPS) is 11.5. The van der Waals surface area contributed by atoms with Crippen molar-refractivity contribution in [3.63, 3.8) is 0 Å². The SMILES string of the molecule is CCNC(=O)[C@@H](CC)N(CCc1ccccc1)C(=O)COc1ccc(Br)cc1. The maximum Gasteiger partial charge on any atom is 0.261 e. The molecule has 0 heterocycles. The van der Waals surface area contributed by atoms with E-state index in [1.807, 2.05) is 56.3 Å². The van der Waals surface area contributed by atoms with Crippen LogP contribution in [-0.2, 0) is 16.0 Å². The van der Waals surface area contributed by atoms with Crippen LogP contribution in [0, 0.1) is 0 Å². The van der Waals surface area contributed by atoms with Crippen LogP contribution in [0.4, 0.5) is 0 Å². The second-order valence-electron chi connectivity index (χ2n) is 6.38. The fraction of sp³-hybridized carbons (Fsp3) is 0.364. The summed E-state index contributed by atoms with van der Waals surface area (Å²) in [5.74, 6) is 0.289. The largest absolute Gasteiger partial charge is 0.484 e. The summed E-state index contributed by atoms with van der Waals surface area (Å²) in [6.45, 7) is 4.68. The summed E-state index contributed by atoms with van der Waals surface area (Å²) >= 11 is 3.38. The molecule has 2 aromatic carbocycles. The van der Waals surface area contributed by atoms with E-state index in [9.17, 15) is 9.59 Å². The lowest BCUT2D eigenvalue weighted by Crippen LogP contribution is -2.51. The second-order valence-corrected chi connectivity index (χ2v) is 7.30. The van der Waals surface area contributed by atoms with Gasteiger partial charge >= 0.3 is 0 Å². The number of nitrogens with zero attached hydrogens (tertiary/aromatic N) is 1. The quantitative estimate of drug-likeness (QED) is 0.603. The van der Waals surface area contributed by atoms with Gasteiger partial charge in [0.1, 0.15) is 11.8 Å². The lowest BCUT2D eigenvalue weighted by Gasteiger charge is -2.30. The summed E-state index contributed by atoms with van der Waals surface area (Å²) in [6.07, 6.45) is 1.23. The molecule has 28 heavy (non-hydrogen) atoms. The molecule has 2 aromatic rings. The van der Waals surface area contributed by atoms with Crippen molar-refractivity contribution in [2.45, 2.75) is 32.7 Å². The summed E-state index contributed by atoms with van der Waals surface area (Å²) in [5, 5.41) is 2.83. The first-order valence-corrected chi connectivity index (χ1v) is 10.3. The first-order chi connectivity index (χ1) is 13.5. The van der Waals surface area contributed by atoms with Crippen LogP contribution >= 0.6 is 15.9 Å². The molecule has 0 unspecified atom stereocenters. The predicted octanol–water partition coefficient (Wildman–Crippen LogP) is 3.81. The van der Waals surface area contributed by atoms with Crippen molar-refractivity contribution in [1.82, 2.24) is 10.2 Å². The zero-order chi connectivity index (χ0) is 20.4. The minimum absolute atomic E-state index is 0.105. The number of amides is 2. The van der Waals surface area contributed by atoms with Crippen molar-refractivity contribution in [2.24, 2.45) is 0 Å². The third-order valence-corrected chi connectivity index (χ3v) is 4.93. The van der Waals surface area contributed by atoms with E-state index in [1.165, 1.54) is 0 Å². The molecule has 0 radical (unpaired) electrons. The van der Waals surface area contributed by atoms with Gasteiger partial charge in [-0.25, -0.2) is 0 Å². The fourth-order valence-corrected chi connectivity index (χ4v) is 3.21. The van der Waals surface area contributed by atoms with E-state index < -0.39 is 6.04 Å². The van der Waals surface area contributed by atoms with Crippen molar-refractivity contribution in [2.75, 3.05) is 19.7 Å². The maximum atomic E-state index is 12.9. The zero-order valence-electron chi connectivity index (χ0n) is 16.4. The summed E-state index contributed by atoms with van der Waals surface area (Å²) in [7, 11) is 0. The van der Waals surface area contributed by atoms with Crippen LogP contribution in [0.2, 0.25) is 0 Å². The summed E-state index contributed by atoms with van der Waals surface area (Å²) in [5.41, 5.74) is 1.12. The third-order valence-electron chi connectivity index (χ3n) is 4.40. The van der Waals surface area contributed by atoms with E-state index in [4.69, 9.17) is 4.74 Å². The van der Waals surface area contributed by atoms with E-state index in [-0.39, 0.29) is 18.4 Å². The van der Waals surface area contributed by atoms with Crippen LogP contribution in [0.3, 0.4) is 0 Å². The van der Waals surface area contributed by atoms with E-state index in [0.29, 0.717) is 31.7 Å². The molecule has 0 spiro atoms. The molecule has 5 nitrogen and oxygen atoms in total. The average molecular weight is 447 g/mol. The van der Waals surface area contributed by atoms with E-state index in [2.05, 4.69) is 21.2 Å². The smallest absolute Gasteiger partial charge is 0.261 e. The molecule has 0 aliphatic carbocycles. The van der Waals surface area contributed by atoms with Crippen LogP contribution in [0.25, 0.3) is 0 Å². The zero-order valence-corrected chi connectivity index (χ0v) is 17.9. The van der Waals surface area contributed by atoms with Gasteiger partial charge in [0.05, 0.1) is 0 Å². The number of benzene rings is 2. The number of hydrogen-bond donors (Lipinski definition) is 1. The number of halogens is 1. The number of likely N-dealkylation sites (N-methyl/N-ethyl adjacent to an activating group) is 1. The molecule has 2 rings (SSSR count). The minimum atomic E-state index is -0.510. The van der Waals surface area contributed by atoms with E-state index >= 15 is 0 Å². The maximum absolute atomic E-state index is 12.9. The monoisotopic (exact) mass is 446 g/mol.